The lowest BCUT2D eigenvalue weighted by Gasteiger charge is -2.22. The van der Waals surface area contributed by atoms with E-state index in [1.165, 1.54) is 55.8 Å². The molecule has 1 aromatic rings. The number of carbonyl (C=O) groups is 1. The molecule has 0 bridgehead atoms. The highest BCUT2D eigenvalue weighted by atomic mass is 16.6. The molecular formula is C23H36N2O4. The van der Waals surface area contributed by atoms with Crippen LogP contribution < -0.4 is 0 Å². The fourth-order valence-corrected chi connectivity index (χ4v) is 3.93. The average Bonchev–Trinajstić information content (AvgIpc) is 3.25. The first-order valence-corrected chi connectivity index (χ1v) is 10.7. The minimum absolute atomic E-state index is 0.0554. The van der Waals surface area contributed by atoms with Gasteiger partial charge in [0, 0.05) is 17.8 Å². The number of ether oxygens (including phenoxy) is 1. The summed E-state index contributed by atoms with van der Waals surface area (Å²) in [4.78, 5) is 25.2. The van der Waals surface area contributed by atoms with Crippen molar-refractivity contribution in [1.82, 2.24) is 4.98 Å². The van der Waals surface area contributed by atoms with Crippen LogP contribution in [0.1, 0.15) is 76.2 Å². The number of carbonyl (C=O) groups excluding carboxylic acids is 1. The maximum Gasteiger partial charge on any atom is 0.305 e. The zero-order valence-corrected chi connectivity index (χ0v) is 18.4. The molecule has 0 saturated heterocycles. The normalized spacial score (nSPS) is 15.0. The van der Waals surface area contributed by atoms with Crippen molar-refractivity contribution in [1.29, 1.82) is 0 Å². The Morgan fingerprint density at radius 2 is 1.86 bits per heavy atom. The van der Waals surface area contributed by atoms with Crippen LogP contribution in [0.5, 0.6) is 0 Å². The van der Waals surface area contributed by atoms with Crippen molar-refractivity contribution >= 4 is 5.97 Å². The molecule has 1 aromatic heterocycles. The highest BCUT2D eigenvalue weighted by molar-refractivity contribution is 5.69. The van der Waals surface area contributed by atoms with Crippen molar-refractivity contribution in [3.8, 4) is 0 Å². The summed E-state index contributed by atoms with van der Waals surface area (Å²) >= 11 is 0. The van der Waals surface area contributed by atoms with Gasteiger partial charge in [0.05, 0.1) is 12.0 Å². The smallest absolute Gasteiger partial charge is 0.305 e. The monoisotopic (exact) mass is 404 g/mol. The Morgan fingerprint density at radius 1 is 1.28 bits per heavy atom. The van der Waals surface area contributed by atoms with E-state index >= 15 is 0 Å². The summed E-state index contributed by atoms with van der Waals surface area (Å²) in [6.45, 7) is 5.91. The molecule has 1 aliphatic carbocycles. The van der Waals surface area contributed by atoms with Crippen molar-refractivity contribution in [2.75, 3.05) is 7.11 Å². The molecule has 1 fully saturated rings. The third-order valence-electron chi connectivity index (χ3n) is 5.51. The summed E-state index contributed by atoms with van der Waals surface area (Å²) in [6.07, 6.45) is 12.1. The first kappa shape index (κ1) is 24.8. The van der Waals surface area contributed by atoms with Gasteiger partial charge in [-0.3, -0.25) is 19.9 Å². The third-order valence-corrected chi connectivity index (χ3v) is 5.51. The number of esters is 1. The molecule has 1 saturated carbocycles. The lowest BCUT2D eigenvalue weighted by molar-refractivity contribution is -0.402. The van der Waals surface area contributed by atoms with E-state index in [9.17, 15) is 14.9 Å². The number of allylic oxidation sites excluding steroid dienone is 1. The van der Waals surface area contributed by atoms with Gasteiger partial charge >= 0.3 is 5.97 Å². The fourth-order valence-electron chi connectivity index (χ4n) is 3.93. The summed E-state index contributed by atoms with van der Waals surface area (Å²) in [5.41, 5.74) is 3.75. The van der Waals surface area contributed by atoms with Crippen LogP contribution in [-0.2, 0) is 28.8 Å². The molecule has 0 amide bonds. The van der Waals surface area contributed by atoms with Gasteiger partial charge in [0.25, 0.3) is 0 Å². The summed E-state index contributed by atoms with van der Waals surface area (Å²) in [5, 5.41) is 9.32. The van der Waals surface area contributed by atoms with Crippen molar-refractivity contribution in [2.24, 2.45) is 11.8 Å². The van der Waals surface area contributed by atoms with Crippen LogP contribution in [0.25, 0.3) is 0 Å². The van der Waals surface area contributed by atoms with Crippen LogP contribution in [0.4, 0.5) is 0 Å². The lowest BCUT2D eigenvalue weighted by Crippen LogP contribution is -2.18. The van der Waals surface area contributed by atoms with Gasteiger partial charge in [-0.15, -0.1) is 0 Å². The minimum atomic E-state index is -0.500. The standard InChI is InChI=1S/C20H31NO2.C3H5NO2/c1-4-18-12-15(13-19(5-2)21-18)10-11-17(14-20(22)23-3)16-8-6-7-9-16;1-2-3-4(5)6/h12-13,16-17H,4-11,14H2,1-3H3;2-3H,1H3/b;3-2-. The molecule has 6 heteroatoms. The largest absolute Gasteiger partial charge is 0.469 e. The van der Waals surface area contributed by atoms with Crippen molar-refractivity contribution in [2.45, 2.75) is 78.6 Å². The van der Waals surface area contributed by atoms with Gasteiger partial charge in [-0.05, 0) is 68.2 Å². The molecule has 1 heterocycles. The van der Waals surface area contributed by atoms with Gasteiger partial charge in [0.1, 0.15) is 0 Å². The number of pyridine rings is 1. The number of nitro groups is 1. The van der Waals surface area contributed by atoms with Crippen LogP contribution in [0.15, 0.2) is 24.4 Å². The van der Waals surface area contributed by atoms with Gasteiger partial charge in [-0.2, -0.15) is 0 Å². The minimum Gasteiger partial charge on any atom is -0.469 e. The Labute approximate surface area is 174 Å². The molecule has 1 atom stereocenters. The van der Waals surface area contributed by atoms with E-state index in [0.717, 1.165) is 31.9 Å². The van der Waals surface area contributed by atoms with E-state index in [-0.39, 0.29) is 5.97 Å². The molecule has 2 rings (SSSR count). The van der Waals surface area contributed by atoms with E-state index in [4.69, 9.17) is 4.74 Å². The van der Waals surface area contributed by atoms with E-state index < -0.39 is 4.92 Å². The van der Waals surface area contributed by atoms with Crippen LogP contribution in [0.2, 0.25) is 0 Å². The maximum atomic E-state index is 11.8. The molecule has 29 heavy (non-hydrogen) atoms. The number of hydrogen-bond acceptors (Lipinski definition) is 5. The Kier molecular flexibility index (Phi) is 11.8. The van der Waals surface area contributed by atoms with Gasteiger partial charge in [-0.25, -0.2) is 0 Å². The average molecular weight is 405 g/mol. The SMILES string of the molecule is C/C=C\[N+](=O)[O-].CCc1cc(CCC(CC(=O)OC)C2CCCC2)cc(CC)n1. The summed E-state index contributed by atoms with van der Waals surface area (Å²) in [5.74, 6) is 1.11. The van der Waals surface area contributed by atoms with Crippen molar-refractivity contribution < 1.29 is 14.5 Å². The number of aromatic nitrogens is 1. The second-order valence-corrected chi connectivity index (χ2v) is 7.56. The van der Waals surface area contributed by atoms with Crippen LogP contribution in [0, 0.1) is 22.0 Å². The number of aryl methyl sites for hydroxylation is 3. The Hall–Kier alpha value is -2.24. The van der Waals surface area contributed by atoms with Gasteiger partial charge in [0.15, 0.2) is 0 Å². The molecule has 1 aliphatic rings. The van der Waals surface area contributed by atoms with E-state index in [1.54, 1.807) is 6.92 Å². The zero-order chi connectivity index (χ0) is 21.6. The van der Waals surface area contributed by atoms with Crippen LogP contribution in [-0.4, -0.2) is 23.0 Å². The molecule has 162 valence electrons. The number of nitrogens with zero attached hydrogens (tertiary/aromatic N) is 2. The second kappa shape index (κ2) is 13.9. The molecular weight excluding hydrogens is 368 g/mol. The topological polar surface area (TPSA) is 82.3 Å². The highest BCUT2D eigenvalue weighted by Crippen LogP contribution is 2.35. The fraction of sp³-hybridized carbons (Fsp3) is 0.652. The third kappa shape index (κ3) is 9.68. The molecule has 0 aromatic carbocycles. The molecule has 0 aliphatic heterocycles. The van der Waals surface area contributed by atoms with Crippen molar-refractivity contribution in [3.63, 3.8) is 0 Å². The summed E-state index contributed by atoms with van der Waals surface area (Å²) in [6, 6.07) is 4.48. The molecule has 1 unspecified atom stereocenters. The van der Waals surface area contributed by atoms with Crippen LogP contribution in [0.3, 0.4) is 0 Å². The summed E-state index contributed by atoms with van der Waals surface area (Å²) < 4.78 is 4.92. The first-order chi connectivity index (χ1) is 13.9. The molecule has 0 N–H and O–H groups in total. The van der Waals surface area contributed by atoms with Gasteiger partial charge in [0.2, 0.25) is 6.20 Å². The number of rotatable bonds is 9. The predicted octanol–water partition coefficient (Wildman–Crippen LogP) is 5.31. The zero-order valence-electron chi connectivity index (χ0n) is 18.4. The molecule has 6 nitrogen and oxygen atoms in total. The lowest BCUT2D eigenvalue weighted by atomic mass is 9.83. The van der Waals surface area contributed by atoms with E-state index in [0.29, 0.717) is 18.3 Å². The predicted molar refractivity (Wildman–Crippen MR) is 115 cm³/mol. The Morgan fingerprint density at radius 3 is 2.28 bits per heavy atom. The van der Waals surface area contributed by atoms with E-state index in [1.807, 2.05) is 0 Å². The van der Waals surface area contributed by atoms with Gasteiger partial charge < -0.3 is 4.74 Å². The summed E-state index contributed by atoms with van der Waals surface area (Å²) in [7, 11) is 1.50. The molecule has 0 radical (unpaired) electrons. The highest BCUT2D eigenvalue weighted by Gasteiger charge is 2.27. The second-order valence-electron chi connectivity index (χ2n) is 7.56. The van der Waals surface area contributed by atoms with Crippen molar-refractivity contribution in [3.05, 3.63) is 51.5 Å². The molecule has 0 spiro atoms. The van der Waals surface area contributed by atoms with Crippen LogP contribution >= 0.6 is 0 Å². The number of methoxy groups -OCH3 is 1. The Balaban J connectivity index is 0.000000612. The maximum absolute atomic E-state index is 11.8. The van der Waals surface area contributed by atoms with E-state index in [2.05, 4.69) is 31.0 Å². The quantitative estimate of drug-likeness (QED) is 0.317. The first-order valence-electron chi connectivity index (χ1n) is 10.7. The number of hydrogen-bond donors (Lipinski definition) is 0. The van der Waals surface area contributed by atoms with Gasteiger partial charge in [-0.1, -0.05) is 39.5 Å². The Bertz CT molecular complexity index is 645.